The number of fused-ring (bicyclic) bond motifs is 2. The van der Waals surface area contributed by atoms with Crippen molar-refractivity contribution in [1.29, 1.82) is 0 Å². The van der Waals surface area contributed by atoms with E-state index in [1.54, 1.807) is 0 Å². The number of H-pyrrole nitrogens is 1. The minimum Gasteiger partial charge on any atom is -0.392 e. The van der Waals surface area contributed by atoms with E-state index in [4.69, 9.17) is 4.98 Å². The Morgan fingerprint density at radius 1 is 1.17 bits per heavy atom. The van der Waals surface area contributed by atoms with Crippen LogP contribution in [0.5, 0.6) is 0 Å². The van der Waals surface area contributed by atoms with Crippen LogP contribution in [-0.4, -0.2) is 57.7 Å². The van der Waals surface area contributed by atoms with E-state index in [-0.39, 0.29) is 22.9 Å². The zero-order valence-corrected chi connectivity index (χ0v) is 16.4. The van der Waals surface area contributed by atoms with Crippen molar-refractivity contribution in [2.75, 3.05) is 19.6 Å². The summed E-state index contributed by atoms with van der Waals surface area (Å²) in [7, 11) is 0. The molecule has 2 saturated heterocycles. The number of carbonyl (C=O) groups is 1. The molecule has 7 nitrogen and oxygen atoms in total. The van der Waals surface area contributed by atoms with Crippen molar-refractivity contribution in [3.8, 4) is 11.4 Å². The number of amides is 1. The van der Waals surface area contributed by atoms with Crippen LogP contribution >= 0.6 is 0 Å². The number of aromatic nitrogens is 2. The number of rotatable bonds is 2. The van der Waals surface area contributed by atoms with Gasteiger partial charge in [-0.1, -0.05) is 30.3 Å². The van der Waals surface area contributed by atoms with Crippen molar-refractivity contribution in [3.05, 3.63) is 51.9 Å². The Bertz CT molecular complexity index is 979. The Kier molecular flexibility index (Phi) is 4.52. The molecule has 0 bridgehead atoms. The summed E-state index contributed by atoms with van der Waals surface area (Å²) in [5, 5.41) is 12.8. The van der Waals surface area contributed by atoms with Gasteiger partial charge in [-0.05, 0) is 32.1 Å². The monoisotopic (exact) mass is 394 g/mol. The van der Waals surface area contributed by atoms with Crippen LogP contribution in [0, 0.1) is 0 Å². The molecule has 1 aromatic heterocycles. The molecule has 2 fully saturated rings. The van der Waals surface area contributed by atoms with Crippen LogP contribution in [0.4, 0.5) is 0 Å². The average molecular weight is 394 g/mol. The number of aromatic amines is 1. The molecule has 2 atom stereocenters. The number of nitrogens with one attached hydrogen (secondary N) is 2. The topological polar surface area (TPSA) is 98.3 Å². The summed E-state index contributed by atoms with van der Waals surface area (Å²) in [6.45, 7) is 1.82. The quantitative estimate of drug-likeness (QED) is 0.705. The molecule has 1 spiro atoms. The number of aliphatic hydroxyl groups is 1. The highest BCUT2D eigenvalue weighted by Crippen LogP contribution is 2.44. The first-order valence-electron chi connectivity index (χ1n) is 10.5. The number of benzene rings is 1. The normalized spacial score (nSPS) is 25.3. The van der Waals surface area contributed by atoms with Crippen LogP contribution in [0.3, 0.4) is 0 Å². The molecule has 3 heterocycles. The molecule has 5 rings (SSSR count). The average Bonchev–Trinajstić information content (AvgIpc) is 3.33. The van der Waals surface area contributed by atoms with Gasteiger partial charge in [0.2, 0.25) is 5.91 Å². The SMILES string of the molecule is O=C([C@H]1C[C@@H](O)CN1)N1CCC2(CCc3c2nc(-c2ccccc2)[nH]c3=O)CC1. The van der Waals surface area contributed by atoms with Crippen LogP contribution in [-0.2, 0) is 16.6 Å². The fourth-order valence-electron chi connectivity index (χ4n) is 5.15. The molecule has 1 aromatic carbocycles. The van der Waals surface area contributed by atoms with Gasteiger partial charge in [0.05, 0.1) is 17.8 Å². The number of nitrogens with zero attached hydrogens (tertiary/aromatic N) is 2. The lowest BCUT2D eigenvalue weighted by Gasteiger charge is -2.40. The molecule has 0 radical (unpaired) electrons. The predicted molar refractivity (Wildman–Crippen MR) is 109 cm³/mol. The molecule has 2 aromatic rings. The van der Waals surface area contributed by atoms with Crippen LogP contribution in [0.25, 0.3) is 11.4 Å². The van der Waals surface area contributed by atoms with E-state index < -0.39 is 6.10 Å². The van der Waals surface area contributed by atoms with Crippen molar-refractivity contribution in [2.24, 2.45) is 0 Å². The van der Waals surface area contributed by atoms with E-state index >= 15 is 0 Å². The maximum Gasteiger partial charge on any atom is 0.254 e. The highest BCUT2D eigenvalue weighted by Gasteiger charge is 2.45. The number of carbonyl (C=O) groups excluding carboxylic acids is 1. The third kappa shape index (κ3) is 3.18. The number of aliphatic hydroxyl groups excluding tert-OH is 1. The molecule has 152 valence electrons. The van der Waals surface area contributed by atoms with Crippen LogP contribution in [0.1, 0.15) is 36.9 Å². The standard InChI is InChI=1S/C22H26N4O3/c27-15-12-17(23-13-15)21(29)26-10-8-22(9-11-26)7-6-16-18(22)24-19(25-20(16)28)14-4-2-1-3-5-14/h1-5,15,17,23,27H,6-13H2,(H,24,25,28)/t15-,17-/m1/s1. The second-order valence-electron chi connectivity index (χ2n) is 8.56. The fraction of sp³-hybridized carbons (Fsp3) is 0.500. The first-order chi connectivity index (χ1) is 14.1. The number of hydrogen-bond acceptors (Lipinski definition) is 5. The summed E-state index contributed by atoms with van der Waals surface area (Å²) in [5.41, 5.74) is 2.50. The zero-order valence-electron chi connectivity index (χ0n) is 16.4. The third-order valence-corrected chi connectivity index (χ3v) is 6.86. The van der Waals surface area contributed by atoms with Gasteiger partial charge in [-0.25, -0.2) is 4.98 Å². The highest BCUT2D eigenvalue weighted by atomic mass is 16.3. The second kappa shape index (κ2) is 7.07. The molecule has 1 amide bonds. The van der Waals surface area contributed by atoms with Crippen LogP contribution in [0.2, 0.25) is 0 Å². The Labute approximate surface area is 169 Å². The predicted octanol–water partition coefficient (Wildman–Crippen LogP) is 0.966. The van der Waals surface area contributed by atoms with Crippen molar-refractivity contribution in [2.45, 2.75) is 49.7 Å². The van der Waals surface area contributed by atoms with E-state index in [1.165, 1.54) is 0 Å². The fourth-order valence-corrected chi connectivity index (χ4v) is 5.15. The Morgan fingerprint density at radius 3 is 2.62 bits per heavy atom. The van der Waals surface area contributed by atoms with E-state index in [9.17, 15) is 14.7 Å². The lowest BCUT2D eigenvalue weighted by molar-refractivity contribution is -0.134. The first-order valence-corrected chi connectivity index (χ1v) is 10.5. The van der Waals surface area contributed by atoms with Crippen LogP contribution in [0.15, 0.2) is 35.1 Å². The van der Waals surface area contributed by atoms with Gasteiger partial charge >= 0.3 is 0 Å². The van der Waals surface area contributed by atoms with Gasteiger partial charge in [-0.2, -0.15) is 0 Å². The molecule has 3 aliphatic rings. The molecule has 3 N–H and O–H groups in total. The molecule has 2 aliphatic heterocycles. The van der Waals surface area contributed by atoms with E-state index in [0.29, 0.717) is 31.9 Å². The first kappa shape index (κ1) is 18.5. The van der Waals surface area contributed by atoms with Crippen molar-refractivity contribution in [1.82, 2.24) is 20.2 Å². The number of hydrogen-bond donors (Lipinski definition) is 3. The molecule has 1 aliphatic carbocycles. The smallest absolute Gasteiger partial charge is 0.254 e. The second-order valence-corrected chi connectivity index (χ2v) is 8.56. The Hall–Kier alpha value is -2.51. The van der Waals surface area contributed by atoms with Gasteiger partial charge in [-0.3, -0.25) is 9.59 Å². The summed E-state index contributed by atoms with van der Waals surface area (Å²) in [5.74, 6) is 0.705. The number of likely N-dealkylation sites (tertiary alicyclic amines) is 1. The Morgan fingerprint density at radius 2 is 1.93 bits per heavy atom. The van der Waals surface area contributed by atoms with Gasteiger partial charge in [0, 0.05) is 36.2 Å². The molecule has 29 heavy (non-hydrogen) atoms. The van der Waals surface area contributed by atoms with E-state index in [2.05, 4.69) is 10.3 Å². The minimum absolute atomic E-state index is 0.0339. The van der Waals surface area contributed by atoms with Crippen LogP contribution < -0.4 is 10.9 Å². The summed E-state index contributed by atoms with van der Waals surface area (Å²) in [4.78, 5) is 35.3. The molecular formula is C22H26N4O3. The highest BCUT2D eigenvalue weighted by molar-refractivity contribution is 5.82. The van der Waals surface area contributed by atoms with Crippen molar-refractivity contribution < 1.29 is 9.90 Å². The summed E-state index contributed by atoms with van der Waals surface area (Å²) >= 11 is 0. The summed E-state index contributed by atoms with van der Waals surface area (Å²) in [6, 6.07) is 9.46. The molecule has 0 unspecified atom stereocenters. The summed E-state index contributed by atoms with van der Waals surface area (Å²) in [6.07, 6.45) is 3.36. The van der Waals surface area contributed by atoms with Gasteiger partial charge in [0.1, 0.15) is 5.82 Å². The van der Waals surface area contributed by atoms with Gasteiger partial charge < -0.3 is 20.3 Å². The maximum atomic E-state index is 12.8. The van der Waals surface area contributed by atoms with E-state index in [1.807, 2.05) is 35.2 Å². The largest absolute Gasteiger partial charge is 0.392 e. The molecule has 7 heteroatoms. The Balaban J connectivity index is 1.39. The minimum atomic E-state index is -0.436. The van der Waals surface area contributed by atoms with Crippen molar-refractivity contribution in [3.63, 3.8) is 0 Å². The number of piperidine rings is 1. The van der Waals surface area contributed by atoms with E-state index in [0.717, 1.165) is 42.5 Å². The lowest BCUT2D eigenvalue weighted by Crippen LogP contribution is -2.50. The zero-order chi connectivity index (χ0) is 20.0. The van der Waals surface area contributed by atoms with Gasteiger partial charge in [0.15, 0.2) is 0 Å². The number of β-amino-alcohol motifs (C(OH)–C–C–N with tert-alkyl or cyclic N) is 1. The van der Waals surface area contributed by atoms with Crippen molar-refractivity contribution >= 4 is 5.91 Å². The summed E-state index contributed by atoms with van der Waals surface area (Å²) < 4.78 is 0. The molecular weight excluding hydrogens is 368 g/mol. The lowest BCUT2D eigenvalue weighted by atomic mass is 9.76. The third-order valence-electron chi connectivity index (χ3n) is 6.86. The maximum absolute atomic E-state index is 12.8. The van der Waals surface area contributed by atoms with Gasteiger partial charge in [0.25, 0.3) is 5.56 Å². The van der Waals surface area contributed by atoms with Gasteiger partial charge in [-0.15, -0.1) is 0 Å². The molecule has 0 saturated carbocycles.